The SMILES string of the molecule is CCOC(=O)C1=C(C)OC(N)=C(C#N)C1c1cc(COc2ccc(Cl)cc2)c(C)cc1C. The molecule has 3 rings (SSSR count). The topological polar surface area (TPSA) is 94.6 Å². The number of nitrogens with two attached hydrogens (primary N) is 1. The molecule has 0 saturated carbocycles. The molecule has 1 atom stereocenters. The van der Waals surface area contributed by atoms with Crippen LogP contribution in [0.15, 0.2) is 59.2 Å². The fraction of sp³-hybridized carbons (Fsp3) is 0.280. The maximum Gasteiger partial charge on any atom is 0.338 e. The number of aryl methyl sites for hydroxylation is 2. The zero-order valence-electron chi connectivity index (χ0n) is 18.5. The predicted molar refractivity (Wildman–Crippen MR) is 122 cm³/mol. The van der Waals surface area contributed by atoms with Gasteiger partial charge < -0.3 is 19.9 Å². The van der Waals surface area contributed by atoms with Crippen molar-refractivity contribution < 1.29 is 19.0 Å². The van der Waals surface area contributed by atoms with Crippen LogP contribution in [0, 0.1) is 25.2 Å². The summed E-state index contributed by atoms with van der Waals surface area (Å²) in [5.41, 5.74) is 10.1. The summed E-state index contributed by atoms with van der Waals surface area (Å²) in [6.07, 6.45) is 0. The largest absolute Gasteiger partial charge is 0.489 e. The van der Waals surface area contributed by atoms with E-state index in [0.717, 1.165) is 22.3 Å². The van der Waals surface area contributed by atoms with E-state index in [9.17, 15) is 10.1 Å². The predicted octanol–water partition coefficient (Wildman–Crippen LogP) is 5.18. The van der Waals surface area contributed by atoms with Gasteiger partial charge in [-0.1, -0.05) is 23.7 Å². The van der Waals surface area contributed by atoms with Gasteiger partial charge >= 0.3 is 5.97 Å². The van der Waals surface area contributed by atoms with Gasteiger partial charge in [0, 0.05) is 5.02 Å². The van der Waals surface area contributed by atoms with E-state index in [1.165, 1.54) is 0 Å². The maximum absolute atomic E-state index is 12.8. The second-order valence-corrected chi connectivity index (χ2v) is 7.93. The van der Waals surface area contributed by atoms with Crippen molar-refractivity contribution in [2.75, 3.05) is 6.61 Å². The first-order chi connectivity index (χ1) is 15.3. The Morgan fingerprint density at radius 2 is 1.88 bits per heavy atom. The Balaban J connectivity index is 2.05. The second-order valence-electron chi connectivity index (χ2n) is 7.49. The van der Waals surface area contributed by atoms with Gasteiger partial charge in [-0.3, -0.25) is 0 Å². The summed E-state index contributed by atoms with van der Waals surface area (Å²) in [6.45, 7) is 7.81. The van der Waals surface area contributed by atoms with E-state index in [-0.39, 0.29) is 23.6 Å². The van der Waals surface area contributed by atoms with Gasteiger partial charge in [-0.15, -0.1) is 0 Å². The lowest BCUT2D eigenvalue weighted by molar-refractivity contribution is -0.139. The summed E-state index contributed by atoms with van der Waals surface area (Å²) >= 11 is 5.94. The van der Waals surface area contributed by atoms with Crippen LogP contribution in [0.4, 0.5) is 0 Å². The molecule has 7 heteroatoms. The van der Waals surface area contributed by atoms with Gasteiger partial charge in [0.25, 0.3) is 0 Å². The van der Waals surface area contributed by atoms with Crippen molar-refractivity contribution in [3.8, 4) is 11.8 Å². The summed E-state index contributed by atoms with van der Waals surface area (Å²) in [7, 11) is 0. The molecule has 0 aliphatic carbocycles. The van der Waals surface area contributed by atoms with Gasteiger partial charge in [-0.05, 0) is 74.2 Å². The number of halogens is 1. The molecule has 0 saturated heterocycles. The van der Waals surface area contributed by atoms with E-state index < -0.39 is 11.9 Å². The number of hydrogen-bond acceptors (Lipinski definition) is 6. The Bertz CT molecular complexity index is 1140. The fourth-order valence-corrected chi connectivity index (χ4v) is 3.87. The van der Waals surface area contributed by atoms with Crippen LogP contribution in [0.5, 0.6) is 5.75 Å². The van der Waals surface area contributed by atoms with E-state index >= 15 is 0 Å². The normalized spacial score (nSPS) is 15.8. The van der Waals surface area contributed by atoms with Crippen LogP contribution in [0.1, 0.15) is 42.0 Å². The average Bonchev–Trinajstić information content (AvgIpc) is 2.74. The monoisotopic (exact) mass is 452 g/mol. The molecule has 0 radical (unpaired) electrons. The van der Waals surface area contributed by atoms with Gasteiger partial charge in [-0.2, -0.15) is 5.26 Å². The summed E-state index contributed by atoms with van der Waals surface area (Å²) in [5, 5.41) is 10.5. The zero-order valence-corrected chi connectivity index (χ0v) is 19.2. The first kappa shape index (κ1) is 23.2. The number of esters is 1. The second kappa shape index (κ2) is 9.80. The maximum atomic E-state index is 12.8. The number of carbonyl (C=O) groups excluding carboxylic acids is 1. The Morgan fingerprint density at radius 3 is 2.50 bits per heavy atom. The average molecular weight is 453 g/mol. The van der Waals surface area contributed by atoms with Crippen LogP contribution >= 0.6 is 11.6 Å². The van der Waals surface area contributed by atoms with Gasteiger partial charge in [-0.25, -0.2) is 4.79 Å². The minimum absolute atomic E-state index is 0.0120. The third-order valence-electron chi connectivity index (χ3n) is 5.34. The summed E-state index contributed by atoms with van der Waals surface area (Å²) < 4.78 is 16.7. The van der Waals surface area contributed by atoms with E-state index in [1.807, 2.05) is 26.0 Å². The van der Waals surface area contributed by atoms with E-state index in [0.29, 0.717) is 23.1 Å². The van der Waals surface area contributed by atoms with Crippen LogP contribution in [0.3, 0.4) is 0 Å². The number of nitriles is 1. The minimum Gasteiger partial charge on any atom is -0.489 e. The number of hydrogen-bond donors (Lipinski definition) is 1. The zero-order chi connectivity index (χ0) is 23.4. The first-order valence-electron chi connectivity index (χ1n) is 10.2. The Hall–Kier alpha value is -3.43. The van der Waals surface area contributed by atoms with Crippen LogP contribution in [0.25, 0.3) is 0 Å². The standard InChI is InChI=1S/C25H25ClN2O4/c1-5-30-25(29)22-16(4)32-24(28)21(12-27)23(22)20-11-17(14(2)10-15(20)3)13-31-19-8-6-18(26)7-9-19/h6-11,23H,5,13,28H2,1-4H3. The Morgan fingerprint density at radius 1 is 1.19 bits per heavy atom. The molecule has 0 aromatic heterocycles. The van der Waals surface area contributed by atoms with Crippen molar-refractivity contribution in [1.82, 2.24) is 0 Å². The van der Waals surface area contributed by atoms with Crippen LogP contribution < -0.4 is 10.5 Å². The van der Waals surface area contributed by atoms with Gasteiger partial charge in [0.15, 0.2) is 0 Å². The number of benzene rings is 2. The molecule has 2 aromatic carbocycles. The van der Waals surface area contributed by atoms with Crippen LogP contribution in [-0.4, -0.2) is 12.6 Å². The van der Waals surface area contributed by atoms with Crippen LogP contribution in [-0.2, 0) is 20.9 Å². The van der Waals surface area contributed by atoms with Gasteiger partial charge in [0.1, 0.15) is 29.8 Å². The molecule has 1 heterocycles. The first-order valence-corrected chi connectivity index (χ1v) is 10.6. The van der Waals surface area contributed by atoms with E-state index in [1.54, 1.807) is 38.1 Å². The number of nitrogens with zero attached hydrogens (tertiary/aromatic N) is 1. The van der Waals surface area contributed by atoms with Crippen molar-refractivity contribution in [3.05, 3.63) is 86.5 Å². The summed E-state index contributed by atoms with van der Waals surface area (Å²) in [6, 6.07) is 13.2. The lowest BCUT2D eigenvalue weighted by Crippen LogP contribution is -2.26. The lowest BCUT2D eigenvalue weighted by Gasteiger charge is -2.28. The van der Waals surface area contributed by atoms with E-state index in [2.05, 4.69) is 6.07 Å². The quantitative estimate of drug-likeness (QED) is 0.607. The molecule has 166 valence electrons. The highest BCUT2D eigenvalue weighted by Gasteiger charge is 2.37. The number of ether oxygens (including phenoxy) is 3. The number of rotatable bonds is 6. The molecule has 0 bridgehead atoms. The van der Waals surface area contributed by atoms with Crippen molar-refractivity contribution in [3.63, 3.8) is 0 Å². The summed E-state index contributed by atoms with van der Waals surface area (Å²) in [5.74, 6) is -0.227. The molecular weight excluding hydrogens is 428 g/mol. The number of allylic oxidation sites excluding steroid dienone is 2. The molecule has 6 nitrogen and oxygen atoms in total. The van der Waals surface area contributed by atoms with Crippen LogP contribution in [0.2, 0.25) is 5.02 Å². The highest BCUT2D eigenvalue weighted by molar-refractivity contribution is 6.30. The molecule has 32 heavy (non-hydrogen) atoms. The van der Waals surface area contributed by atoms with Crippen molar-refractivity contribution >= 4 is 17.6 Å². The van der Waals surface area contributed by atoms with Gasteiger partial charge in [0.05, 0.1) is 18.1 Å². The minimum atomic E-state index is -0.692. The third-order valence-corrected chi connectivity index (χ3v) is 5.60. The molecule has 2 N–H and O–H groups in total. The molecule has 2 aromatic rings. The lowest BCUT2D eigenvalue weighted by atomic mass is 9.80. The third kappa shape index (κ3) is 4.74. The van der Waals surface area contributed by atoms with Crippen molar-refractivity contribution in [2.24, 2.45) is 5.73 Å². The molecule has 1 aliphatic rings. The number of carbonyl (C=O) groups is 1. The smallest absolute Gasteiger partial charge is 0.338 e. The fourth-order valence-electron chi connectivity index (χ4n) is 3.74. The molecule has 0 fully saturated rings. The van der Waals surface area contributed by atoms with Crippen molar-refractivity contribution in [2.45, 2.75) is 40.2 Å². The highest BCUT2D eigenvalue weighted by atomic mass is 35.5. The molecule has 0 spiro atoms. The molecular formula is C25H25ClN2O4. The molecule has 1 aliphatic heterocycles. The van der Waals surface area contributed by atoms with Crippen molar-refractivity contribution in [1.29, 1.82) is 5.26 Å². The Kier molecular flexibility index (Phi) is 7.12. The van der Waals surface area contributed by atoms with E-state index in [4.69, 9.17) is 31.5 Å². The van der Waals surface area contributed by atoms with Gasteiger partial charge in [0.2, 0.25) is 5.88 Å². The summed E-state index contributed by atoms with van der Waals surface area (Å²) in [4.78, 5) is 12.8. The molecule has 1 unspecified atom stereocenters. The highest BCUT2D eigenvalue weighted by Crippen LogP contribution is 2.41. The molecule has 0 amide bonds. The Labute approximate surface area is 192 Å².